The Hall–Kier alpha value is -2.47. The number of ether oxygens (including phenoxy) is 1. The van der Waals surface area contributed by atoms with Crippen LogP contribution in [0.1, 0.15) is 16.8 Å². The molecule has 3 aromatic rings. The molecule has 25 heavy (non-hydrogen) atoms. The van der Waals surface area contributed by atoms with E-state index < -0.39 is 0 Å². The van der Waals surface area contributed by atoms with Gasteiger partial charge in [-0.2, -0.15) is 10.2 Å². The van der Waals surface area contributed by atoms with E-state index in [0.717, 1.165) is 17.4 Å². The molecule has 6 heteroatoms. The van der Waals surface area contributed by atoms with Gasteiger partial charge in [0.2, 0.25) is 0 Å². The van der Waals surface area contributed by atoms with Crippen LogP contribution in [0.3, 0.4) is 0 Å². The third kappa shape index (κ3) is 5.00. The molecular weight excluding hydrogens is 382 g/mol. The van der Waals surface area contributed by atoms with E-state index in [9.17, 15) is 4.79 Å². The molecule has 0 bridgehead atoms. The molecule has 0 amide bonds. The van der Waals surface area contributed by atoms with Gasteiger partial charge in [0, 0.05) is 30.3 Å². The van der Waals surface area contributed by atoms with E-state index in [1.54, 1.807) is 29.1 Å². The number of hydrogen-bond donors (Lipinski definition) is 0. The highest BCUT2D eigenvalue weighted by Gasteiger charge is 2.02. The Morgan fingerprint density at radius 1 is 1.08 bits per heavy atom. The average Bonchev–Trinajstić information content (AvgIpc) is 2.67. The Labute approximate surface area is 154 Å². The smallest absolute Gasteiger partial charge is 0.254 e. The fourth-order valence-corrected chi connectivity index (χ4v) is 2.75. The van der Waals surface area contributed by atoms with E-state index in [4.69, 9.17) is 4.74 Å². The summed E-state index contributed by atoms with van der Waals surface area (Å²) in [5, 5.41) is 8.59. The van der Waals surface area contributed by atoms with Gasteiger partial charge in [-0.05, 0) is 35.7 Å². The number of aryl methyl sites for hydroxylation is 2. The van der Waals surface area contributed by atoms with Gasteiger partial charge in [-0.3, -0.25) is 4.79 Å². The van der Waals surface area contributed by atoms with Crippen molar-refractivity contribution in [1.82, 2.24) is 14.8 Å². The second kappa shape index (κ2) is 8.58. The average molecular weight is 400 g/mol. The minimum Gasteiger partial charge on any atom is -0.487 e. The van der Waals surface area contributed by atoms with Crippen LogP contribution >= 0.6 is 15.9 Å². The van der Waals surface area contributed by atoms with Gasteiger partial charge in [0.25, 0.3) is 5.56 Å². The Balaban J connectivity index is 1.58. The number of hydrogen-bond acceptors (Lipinski definition) is 4. The molecule has 1 aromatic carbocycles. The van der Waals surface area contributed by atoms with Crippen LogP contribution in [0.25, 0.3) is 0 Å². The highest BCUT2D eigenvalue weighted by Crippen LogP contribution is 2.11. The molecule has 0 unspecified atom stereocenters. The van der Waals surface area contributed by atoms with Gasteiger partial charge >= 0.3 is 0 Å². The summed E-state index contributed by atoms with van der Waals surface area (Å²) in [4.78, 5) is 12.2. The van der Waals surface area contributed by atoms with Crippen molar-refractivity contribution in [2.75, 3.05) is 0 Å². The number of pyridine rings is 1. The Morgan fingerprint density at radius 3 is 2.56 bits per heavy atom. The molecule has 0 saturated heterocycles. The van der Waals surface area contributed by atoms with Gasteiger partial charge < -0.3 is 9.30 Å². The van der Waals surface area contributed by atoms with Gasteiger partial charge in [0.1, 0.15) is 18.1 Å². The summed E-state index contributed by atoms with van der Waals surface area (Å²) in [6.45, 7) is 0.925. The van der Waals surface area contributed by atoms with E-state index in [1.165, 1.54) is 17.2 Å². The lowest BCUT2D eigenvalue weighted by Gasteiger charge is -2.09. The second-order valence-electron chi connectivity index (χ2n) is 5.60. The summed E-state index contributed by atoms with van der Waals surface area (Å²) in [7, 11) is 0. The van der Waals surface area contributed by atoms with Crippen LogP contribution in [0.2, 0.25) is 0 Å². The zero-order chi connectivity index (χ0) is 17.5. The normalized spacial score (nSPS) is 10.6. The molecule has 2 heterocycles. The van der Waals surface area contributed by atoms with Crippen LogP contribution in [0.4, 0.5) is 0 Å². The standard InChI is InChI=1S/C19H18BrN3O2/c20-13-16-5-3-15(4-6-16)7-10-23-11-8-18(12-19(23)24)25-14-17-2-1-9-21-22-17/h1-6,8-9,11-12H,7,10,13-14H2. The SMILES string of the molecule is O=c1cc(OCc2cccnn2)ccn1CCc1ccc(CBr)cc1. The highest BCUT2D eigenvalue weighted by atomic mass is 79.9. The molecule has 0 saturated carbocycles. The van der Waals surface area contributed by atoms with Crippen LogP contribution in [-0.2, 0) is 24.9 Å². The van der Waals surface area contributed by atoms with E-state index in [2.05, 4.69) is 50.4 Å². The number of halogens is 1. The van der Waals surface area contributed by atoms with Crippen LogP contribution in [0.15, 0.2) is 65.7 Å². The molecule has 0 aliphatic carbocycles. The van der Waals surface area contributed by atoms with Crippen molar-refractivity contribution in [3.05, 3.63) is 88.1 Å². The van der Waals surface area contributed by atoms with Crippen molar-refractivity contribution < 1.29 is 4.74 Å². The van der Waals surface area contributed by atoms with Crippen molar-refractivity contribution in [3.63, 3.8) is 0 Å². The van der Waals surface area contributed by atoms with Crippen LogP contribution in [-0.4, -0.2) is 14.8 Å². The quantitative estimate of drug-likeness (QED) is 0.571. The Kier molecular flexibility index (Phi) is 5.95. The summed E-state index contributed by atoms with van der Waals surface area (Å²) in [6.07, 6.45) is 4.18. The Bertz CT molecular complexity index is 864. The predicted octanol–water partition coefficient (Wildman–Crippen LogP) is 3.35. The molecular formula is C19H18BrN3O2. The third-order valence-electron chi connectivity index (χ3n) is 3.80. The number of alkyl halides is 1. The second-order valence-corrected chi connectivity index (χ2v) is 6.16. The van der Waals surface area contributed by atoms with E-state index in [1.807, 2.05) is 6.07 Å². The van der Waals surface area contributed by atoms with Crippen molar-refractivity contribution >= 4 is 15.9 Å². The molecule has 0 aliphatic heterocycles. The van der Waals surface area contributed by atoms with E-state index >= 15 is 0 Å². The Morgan fingerprint density at radius 2 is 1.88 bits per heavy atom. The van der Waals surface area contributed by atoms with Crippen LogP contribution < -0.4 is 10.3 Å². The number of rotatable bonds is 7. The van der Waals surface area contributed by atoms with Gasteiger partial charge in [0.05, 0.1) is 0 Å². The van der Waals surface area contributed by atoms with Gasteiger partial charge in [-0.25, -0.2) is 0 Å². The fourth-order valence-electron chi connectivity index (χ4n) is 2.38. The first kappa shape index (κ1) is 17.4. The van der Waals surface area contributed by atoms with Crippen molar-refractivity contribution in [2.45, 2.75) is 24.9 Å². The molecule has 0 fully saturated rings. The summed E-state index contributed by atoms with van der Waals surface area (Å²) < 4.78 is 7.28. The van der Waals surface area contributed by atoms with Crippen LogP contribution in [0, 0.1) is 0 Å². The molecule has 0 atom stereocenters. The molecule has 0 spiro atoms. The fraction of sp³-hybridized carbons (Fsp3) is 0.211. The zero-order valence-electron chi connectivity index (χ0n) is 13.6. The topological polar surface area (TPSA) is 57.0 Å². The minimum atomic E-state index is -0.0753. The van der Waals surface area contributed by atoms with Crippen LogP contribution in [0.5, 0.6) is 5.75 Å². The lowest BCUT2D eigenvalue weighted by Crippen LogP contribution is -2.19. The lowest BCUT2D eigenvalue weighted by molar-refractivity contribution is 0.298. The maximum absolute atomic E-state index is 12.2. The van der Waals surface area contributed by atoms with Crippen molar-refractivity contribution in [1.29, 1.82) is 0 Å². The highest BCUT2D eigenvalue weighted by molar-refractivity contribution is 9.08. The van der Waals surface area contributed by atoms with Gasteiger partial charge in [-0.15, -0.1) is 0 Å². The molecule has 3 rings (SSSR count). The summed E-state index contributed by atoms with van der Waals surface area (Å²) in [6, 6.07) is 15.3. The summed E-state index contributed by atoms with van der Waals surface area (Å²) in [5.74, 6) is 0.536. The van der Waals surface area contributed by atoms with Crippen molar-refractivity contribution in [2.24, 2.45) is 0 Å². The number of benzene rings is 1. The third-order valence-corrected chi connectivity index (χ3v) is 4.45. The number of aromatic nitrogens is 3. The molecule has 0 N–H and O–H groups in total. The summed E-state index contributed by atoms with van der Waals surface area (Å²) >= 11 is 3.44. The predicted molar refractivity (Wildman–Crippen MR) is 99.8 cm³/mol. The zero-order valence-corrected chi connectivity index (χ0v) is 15.2. The maximum Gasteiger partial charge on any atom is 0.254 e. The minimum absolute atomic E-state index is 0.0753. The van der Waals surface area contributed by atoms with E-state index in [0.29, 0.717) is 12.3 Å². The number of nitrogens with zero attached hydrogens (tertiary/aromatic N) is 3. The first-order valence-corrected chi connectivity index (χ1v) is 9.10. The monoisotopic (exact) mass is 399 g/mol. The van der Waals surface area contributed by atoms with Gasteiger partial charge in [-0.1, -0.05) is 40.2 Å². The van der Waals surface area contributed by atoms with Gasteiger partial charge in [0.15, 0.2) is 0 Å². The van der Waals surface area contributed by atoms with E-state index in [-0.39, 0.29) is 12.2 Å². The molecule has 2 aromatic heterocycles. The largest absolute Gasteiger partial charge is 0.487 e. The maximum atomic E-state index is 12.2. The molecule has 0 aliphatic rings. The molecule has 0 radical (unpaired) electrons. The molecule has 128 valence electrons. The van der Waals surface area contributed by atoms with Crippen molar-refractivity contribution in [3.8, 4) is 5.75 Å². The summed E-state index contributed by atoms with van der Waals surface area (Å²) in [5.41, 5.74) is 3.09. The molecule has 5 nitrogen and oxygen atoms in total. The first-order valence-electron chi connectivity index (χ1n) is 7.98. The lowest BCUT2D eigenvalue weighted by atomic mass is 10.1. The first-order chi connectivity index (χ1) is 12.2.